The maximum atomic E-state index is 12.9. The minimum absolute atomic E-state index is 0.486. The zero-order valence-corrected chi connectivity index (χ0v) is 10.6. The molecule has 1 atom stereocenters. The summed E-state index contributed by atoms with van der Waals surface area (Å²) in [6.45, 7) is 5.33. The molecule has 17 heavy (non-hydrogen) atoms. The Labute approximate surface area is 102 Å². The van der Waals surface area contributed by atoms with Gasteiger partial charge in [0.15, 0.2) is 11.6 Å². The van der Waals surface area contributed by atoms with Crippen LogP contribution in [0.1, 0.15) is 38.7 Å². The van der Waals surface area contributed by atoms with E-state index in [2.05, 4.69) is 19.2 Å². The van der Waals surface area contributed by atoms with Gasteiger partial charge in [0.1, 0.15) is 0 Å². The Morgan fingerprint density at radius 3 is 2.65 bits per heavy atom. The third kappa shape index (κ3) is 5.26. The van der Waals surface area contributed by atoms with Crippen molar-refractivity contribution in [2.45, 2.75) is 45.6 Å². The molecule has 0 saturated heterocycles. The van der Waals surface area contributed by atoms with Gasteiger partial charge in [0.2, 0.25) is 0 Å². The first-order valence-corrected chi connectivity index (χ1v) is 6.30. The van der Waals surface area contributed by atoms with E-state index in [0.717, 1.165) is 37.8 Å². The molecule has 3 heteroatoms. The van der Waals surface area contributed by atoms with Crippen LogP contribution in [0, 0.1) is 11.6 Å². The van der Waals surface area contributed by atoms with Crippen molar-refractivity contribution in [3.8, 4) is 0 Å². The normalized spacial score (nSPS) is 12.7. The van der Waals surface area contributed by atoms with Crippen molar-refractivity contribution in [2.75, 3.05) is 6.54 Å². The Hall–Kier alpha value is -0.960. The van der Waals surface area contributed by atoms with E-state index in [1.54, 1.807) is 6.07 Å². The molecular weight excluding hydrogens is 220 g/mol. The molecule has 0 amide bonds. The molecule has 1 aromatic rings. The second-order valence-corrected chi connectivity index (χ2v) is 4.50. The summed E-state index contributed by atoms with van der Waals surface area (Å²) in [6, 6.07) is 4.63. The van der Waals surface area contributed by atoms with E-state index in [4.69, 9.17) is 0 Å². The van der Waals surface area contributed by atoms with Gasteiger partial charge in [0.25, 0.3) is 0 Å². The van der Waals surface area contributed by atoms with Crippen LogP contribution in [0.3, 0.4) is 0 Å². The van der Waals surface area contributed by atoms with Crippen molar-refractivity contribution < 1.29 is 8.78 Å². The molecule has 0 spiro atoms. The largest absolute Gasteiger partial charge is 0.314 e. The molecule has 1 N–H and O–H groups in total. The minimum atomic E-state index is -0.772. The fraction of sp³-hybridized carbons (Fsp3) is 0.571. The summed E-state index contributed by atoms with van der Waals surface area (Å²) in [5.41, 5.74) is 0.867. The second kappa shape index (κ2) is 7.38. The fourth-order valence-electron chi connectivity index (χ4n) is 1.80. The maximum absolute atomic E-state index is 12.9. The SMILES string of the molecule is CCCNC(C)CCCc1ccc(F)c(F)c1. The Bertz CT molecular complexity index is 339. The predicted molar refractivity (Wildman–Crippen MR) is 67.1 cm³/mol. The number of aryl methyl sites for hydroxylation is 1. The lowest BCUT2D eigenvalue weighted by molar-refractivity contribution is 0.494. The molecule has 0 radical (unpaired) electrons. The van der Waals surface area contributed by atoms with Gasteiger partial charge < -0.3 is 5.32 Å². The van der Waals surface area contributed by atoms with Crippen molar-refractivity contribution >= 4 is 0 Å². The van der Waals surface area contributed by atoms with E-state index in [1.165, 1.54) is 12.1 Å². The predicted octanol–water partition coefficient (Wildman–Crippen LogP) is 3.68. The second-order valence-electron chi connectivity index (χ2n) is 4.50. The molecule has 1 aromatic carbocycles. The topological polar surface area (TPSA) is 12.0 Å². The molecule has 0 bridgehead atoms. The first-order chi connectivity index (χ1) is 8.13. The van der Waals surface area contributed by atoms with Gasteiger partial charge in [-0.15, -0.1) is 0 Å². The van der Waals surface area contributed by atoms with Gasteiger partial charge in [0.05, 0.1) is 0 Å². The first-order valence-electron chi connectivity index (χ1n) is 6.30. The minimum Gasteiger partial charge on any atom is -0.314 e. The summed E-state index contributed by atoms with van der Waals surface area (Å²) in [6.07, 6.45) is 3.98. The highest BCUT2D eigenvalue weighted by Crippen LogP contribution is 2.11. The molecule has 0 aliphatic heterocycles. The molecule has 0 aliphatic rings. The van der Waals surface area contributed by atoms with Crippen LogP contribution in [0.5, 0.6) is 0 Å². The Balaban J connectivity index is 2.28. The summed E-state index contributed by atoms with van der Waals surface area (Å²) in [5.74, 6) is -1.52. The van der Waals surface area contributed by atoms with E-state index < -0.39 is 11.6 Å². The number of nitrogens with one attached hydrogen (secondary N) is 1. The van der Waals surface area contributed by atoms with Crippen LogP contribution in [0.2, 0.25) is 0 Å². The molecular formula is C14H21F2N. The number of rotatable bonds is 7. The van der Waals surface area contributed by atoms with Gasteiger partial charge in [-0.05, 0) is 56.8 Å². The van der Waals surface area contributed by atoms with Crippen LogP contribution in [0.25, 0.3) is 0 Å². The Morgan fingerprint density at radius 2 is 2.00 bits per heavy atom. The zero-order valence-electron chi connectivity index (χ0n) is 10.6. The monoisotopic (exact) mass is 241 g/mol. The Kier molecular flexibility index (Phi) is 6.12. The van der Waals surface area contributed by atoms with Crippen molar-refractivity contribution in [1.29, 1.82) is 0 Å². The van der Waals surface area contributed by atoms with E-state index in [0.29, 0.717) is 6.04 Å². The maximum Gasteiger partial charge on any atom is 0.159 e. The van der Waals surface area contributed by atoms with E-state index in [1.807, 2.05) is 0 Å². The van der Waals surface area contributed by atoms with E-state index >= 15 is 0 Å². The van der Waals surface area contributed by atoms with Gasteiger partial charge in [-0.25, -0.2) is 8.78 Å². The summed E-state index contributed by atoms with van der Waals surface area (Å²) in [5, 5.41) is 3.40. The summed E-state index contributed by atoms with van der Waals surface area (Å²) in [4.78, 5) is 0. The highest BCUT2D eigenvalue weighted by molar-refractivity contribution is 5.17. The molecule has 0 aliphatic carbocycles. The third-order valence-electron chi connectivity index (χ3n) is 2.83. The van der Waals surface area contributed by atoms with Crippen LogP contribution >= 0.6 is 0 Å². The molecule has 1 nitrogen and oxygen atoms in total. The van der Waals surface area contributed by atoms with Gasteiger partial charge in [-0.1, -0.05) is 13.0 Å². The third-order valence-corrected chi connectivity index (χ3v) is 2.83. The standard InChI is InChI=1S/C14H21F2N/c1-3-9-17-11(2)5-4-6-12-7-8-13(15)14(16)10-12/h7-8,10-11,17H,3-6,9H2,1-2H3. The Morgan fingerprint density at radius 1 is 1.24 bits per heavy atom. The molecule has 96 valence electrons. The summed E-state index contributed by atoms with van der Waals surface area (Å²) in [7, 11) is 0. The number of halogens is 2. The summed E-state index contributed by atoms with van der Waals surface area (Å²) < 4.78 is 25.6. The van der Waals surface area contributed by atoms with Crippen LogP contribution in [-0.4, -0.2) is 12.6 Å². The molecule has 0 fully saturated rings. The average Bonchev–Trinajstić information content (AvgIpc) is 2.31. The van der Waals surface area contributed by atoms with Crippen molar-refractivity contribution in [3.05, 3.63) is 35.4 Å². The average molecular weight is 241 g/mol. The van der Waals surface area contributed by atoms with Gasteiger partial charge in [-0.3, -0.25) is 0 Å². The highest BCUT2D eigenvalue weighted by atomic mass is 19.2. The first kappa shape index (κ1) is 14.1. The van der Waals surface area contributed by atoms with Crippen LogP contribution in [0.15, 0.2) is 18.2 Å². The van der Waals surface area contributed by atoms with E-state index in [-0.39, 0.29) is 0 Å². The fourth-order valence-corrected chi connectivity index (χ4v) is 1.80. The van der Waals surface area contributed by atoms with Crippen LogP contribution in [-0.2, 0) is 6.42 Å². The van der Waals surface area contributed by atoms with Gasteiger partial charge >= 0.3 is 0 Å². The molecule has 1 rings (SSSR count). The van der Waals surface area contributed by atoms with Crippen molar-refractivity contribution in [3.63, 3.8) is 0 Å². The van der Waals surface area contributed by atoms with E-state index in [9.17, 15) is 8.78 Å². The lowest BCUT2D eigenvalue weighted by atomic mass is 10.1. The lowest BCUT2D eigenvalue weighted by Crippen LogP contribution is -2.26. The molecule has 0 saturated carbocycles. The molecule has 0 heterocycles. The van der Waals surface area contributed by atoms with Gasteiger partial charge in [0, 0.05) is 6.04 Å². The molecule has 0 aromatic heterocycles. The number of hydrogen-bond acceptors (Lipinski definition) is 1. The van der Waals surface area contributed by atoms with Crippen molar-refractivity contribution in [2.24, 2.45) is 0 Å². The summed E-state index contributed by atoms with van der Waals surface area (Å²) >= 11 is 0. The quantitative estimate of drug-likeness (QED) is 0.768. The van der Waals surface area contributed by atoms with Crippen LogP contribution < -0.4 is 5.32 Å². The highest BCUT2D eigenvalue weighted by Gasteiger charge is 2.04. The van der Waals surface area contributed by atoms with Gasteiger partial charge in [-0.2, -0.15) is 0 Å². The smallest absolute Gasteiger partial charge is 0.159 e. The number of benzene rings is 1. The van der Waals surface area contributed by atoms with Crippen LogP contribution in [0.4, 0.5) is 8.78 Å². The zero-order chi connectivity index (χ0) is 12.7. The molecule has 1 unspecified atom stereocenters. The van der Waals surface area contributed by atoms with Crippen molar-refractivity contribution in [1.82, 2.24) is 5.32 Å². The number of hydrogen-bond donors (Lipinski definition) is 1. The lowest BCUT2D eigenvalue weighted by Gasteiger charge is -2.12.